The van der Waals surface area contributed by atoms with Crippen LogP contribution in [-0.4, -0.2) is 23.2 Å². The molecule has 2 rings (SSSR count). The van der Waals surface area contributed by atoms with Crippen LogP contribution < -0.4 is 11.1 Å². The van der Waals surface area contributed by atoms with Crippen molar-refractivity contribution in [1.82, 2.24) is 0 Å². The van der Waals surface area contributed by atoms with Crippen molar-refractivity contribution >= 4 is 11.6 Å². The number of hydrogen-bond donors (Lipinski definition) is 3. The predicted octanol–water partition coefficient (Wildman–Crippen LogP) is 2.00. The van der Waals surface area contributed by atoms with Crippen LogP contribution in [0.4, 0.5) is 14.5 Å². The molecular formula is C13H17F2N3O. The molecule has 0 saturated heterocycles. The van der Waals surface area contributed by atoms with Gasteiger partial charge in [0, 0.05) is 6.07 Å². The molecule has 19 heavy (non-hydrogen) atoms. The van der Waals surface area contributed by atoms with Crippen molar-refractivity contribution in [1.29, 1.82) is 0 Å². The van der Waals surface area contributed by atoms with Crippen LogP contribution in [0.1, 0.15) is 25.7 Å². The minimum Gasteiger partial charge on any atom is -0.388 e. The molecule has 1 aliphatic carbocycles. The van der Waals surface area contributed by atoms with Crippen LogP contribution in [0, 0.1) is 11.6 Å². The highest BCUT2D eigenvalue weighted by molar-refractivity contribution is 5.92. The standard InChI is InChI=1S/C13H17F2N3O/c14-9-3-4-10(15)11(7-9)18-12(16)17-8-13(19)5-1-2-6-13/h3-4,7,19H,1-2,5-6,8H2,(H3,16,17,18). The van der Waals surface area contributed by atoms with Crippen molar-refractivity contribution < 1.29 is 13.9 Å². The Morgan fingerprint density at radius 1 is 1.37 bits per heavy atom. The van der Waals surface area contributed by atoms with Crippen molar-refractivity contribution in [2.75, 3.05) is 11.9 Å². The maximum atomic E-state index is 13.4. The van der Waals surface area contributed by atoms with Crippen LogP contribution in [0.5, 0.6) is 0 Å². The van der Waals surface area contributed by atoms with Crippen molar-refractivity contribution in [3.8, 4) is 0 Å². The first-order valence-corrected chi connectivity index (χ1v) is 6.23. The number of nitrogens with zero attached hydrogens (tertiary/aromatic N) is 1. The molecule has 0 heterocycles. The molecule has 0 bridgehead atoms. The average Bonchev–Trinajstić information content (AvgIpc) is 2.79. The third-order valence-electron chi connectivity index (χ3n) is 3.27. The minimum absolute atomic E-state index is 0.0372. The van der Waals surface area contributed by atoms with Gasteiger partial charge in [-0.05, 0) is 25.0 Å². The van der Waals surface area contributed by atoms with E-state index >= 15 is 0 Å². The van der Waals surface area contributed by atoms with Gasteiger partial charge in [-0.1, -0.05) is 12.8 Å². The lowest BCUT2D eigenvalue weighted by Gasteiger charge is -2.19. The van der Waals surface area contributed by atoms with Gasteiger partial charge in [0.1, 0.15) is 11.6 Å². The fourth-order valence-corrected chi connectivity index (χ4v) is 2.19. The van der Waals surface area contributed by atoms with E-state index < -0.39 is 17.2 Å². The van der Waals surface area contributed by atoms with E-state index in [4.69, 9.17) is 5.73 Å². The predicted molar refractivity (Wildman–Crippen MR) is 69.9 cm³/mol. The van der Waals surface area contributed by atoms with E-state index in [0.29, 0.717) is 12.8 Å². The Bertz CT molecular complexity index is 485. The maximum absolute atomic E-state index is 13.4. The topological polar surface area (TPSA) is 70.6 Å². The molecular weight excluding hydrogens is 252 g/mol. The molecule has 4 N–H and O–H groups in total. The molecule has 0 aliphatic heterocycles. The normalized spacial score (nSPS) is 18.6. The Labute approximate surface area is 110 Å². The highest BCUT2D eigenvalue weighted by Gasteiger charge is 2.30. The second-order valence-electron chi connectivity index (χ2n) is 4.88. The molecule has 1 aliphatic rings. The van der Waals surface area contributed by atoms with E-state index in [0.717, 1.165) is 31.0 Å². The van der Waals surface area contributed by atoms with Gasteiger partial charge >= 0.3 is 0 Å². The largest absolute Gasteiger partial charge is 0.388 e. The lowest BCUT2D eigenvalue weighted by Crippen LogP contribution is -2.31. The van der Waals surface area contributed by atoms with Crippen LogP contribution >= 0.6 is 0 Å². The third kappa shape index (κ3) is 3.64. The monoisotopic (exact) mass is 269 g/mol. The summed E-state index contributed by atoms with van der Waals surface area (Å²) in [6.07, 6.45) is 3.33. The third-order valence-corrected chi connectivity index (χ3v) is 3.27. The second kappa shape index (κ2) is 5.52. The first kappa shape index (κ1) is 13.7. The van der Waals surface area contributed by atoms with E-state index in [9.17, 15) is 13.9 Å². The molecule has 0 atom stereocenters. The van der Waals surface area contributed by atoms with E-state index in [1.165, 1.54) is 0 Å². The average molecular weight is 269 g/mol. The van der Waals surface area contributed by atoms with Crippen molar-refractivity contribution in [2.45, 2.75) is 31.3 Å². The molecule has 1 fully saturated rings. The highest BCUT2D eigenvalue weighted by atomic mass is 19.1. The van der Waals surface area contributed by atoms with Crippen LogP contribution in [0.25, 0.3) is 0 Å². The zero-order valence-corrected chi connectivity index (χ0v) is 10.5. The van der Waals surface area contributed by atoms with E-state index in [1.54, 1.807) is 0 Å². The Morgan fingerprint density at radius 2 is 2.05 bits per heavy atom. The summed E-state index contributed by atoms with van der Waals surface area (Å²) in [6.45, 7) is 0.169. The molecule has 0 unspecified atom stereocenters. The van der Waals surface area contributed by atoms with Gasteiger partial charge in [-0.3, -0.25) is 4.99 Å². The molecule has 0 radical (unpaired) electrons. The molecule has 1 aromatic rings. The molecule has 0 spiro atoms. The number of nitrogens with one attached hydrogen (secondary N) is 1. The number of benzene rings is 1. The number of nitrogens with two attached hydrogens (primary N) is 1. The fourth-order valence-electron chi connectivity index (χ4n) is 2.19. The molecule has 0 amide bonds. The maximum Gasteiger partial charge on any atom is 0.193 e. The van der Waals surface area contributed by atoms with Gasteiger partial charge in [0.05, 0.1) is 17.8 Å². The zero-order valence-electron chi connectivity index (χ0n) is 10.5. The highest BCUT2D eigenvalue weighted by Crippen LogP contribution is 2.29. The van der Waals surface area contributed by atoms with Crippen LogP contribution in [-0.2, 0) is 0 Å². The number of aliphatic hydroxyl groups is 1. The van der Waals surface area contributed by atoms with Crippen molar-refractivity contribution in [2.24, 2.45) is 10.7 Å². The first-order chi connectivity index (χ1) is 8.98. The van der Waals surface area contributed by atoms with Gasteiger partial charge in [-0.15, -0.1) is 0 Å². The number of halogens is 2. The Hall–Kier alpha value is -1.69. The van der Waals surface area contributed by atoms with Gasteiger partial charge in [-0.2, -0.15) is 0 Å². The van der Waals surface area contributed by atoms with Gasteiger partial charge in [0.25, 0.3) is 0 Å². The first-order valence-electron chi connectivity index (χ1n) is 6.23. The summed E-state index contributed by atoms with van der Waals surface area (Å²) in [5.41, 5.74) is 4.72. The summed E-state index contributed by atoms with van der Waals surface area (Å²) >= 11 is 0. The summed E-state index contributed by atoms with van der Waals surface area (Å²) in [4.78, 5) is 3.99. The summed E-state index contributed by atoms with van der Waals surface area (Å²) in [5.74, 6) is -1.21. The Morgan fingerprint density at radius 3 is 2.74 bits per heavy atom. The quantitative estimate of drug-likeness (QED) is 0.580. The SMILES string of the molecule is NC(=NCC1(O)CCCC1)Nc1cc(F)ccc1F. The number of anilines is 1. The van der Waals surface area contributed by atoms with Gasteiger partial charge in [0.2, 0.25) is 0 Å². The molecule has 6 heteroatoms. The lowest BCUT2D eigenvalue weighted by atomic mass is 10.0. The van der Waals surface area contributed by atoms with Crippen LogP contribution in [0.3, 0.4) is 0 Å². The summed E-state index contributed by atoms with van der Waals surface area (Å²) in [7, 11) is 0. The molecule has 0 aromatic heterocycles. The number of rotatable bonds is 3. The molecule has 4 nitrogen and oxygen atoms in total. The van der Waals surface area contributed by atoms with Crippen molar-refractivity contribution in [3.63, 3.8) is 0 Å². The zero-order chi connectivity index (χ0) is 13.9. The molecule has 1 aromatic carbocycles. The Balaban J connectivity index is 2.00. The van der Waals surface area contributed by atoms with E-state index in [2.05, 4.69) is 10.3 Å². The smallest absolute Gasteiger partial charge is 0.193 e. The van der Waals surface area contributed by atoms with Crippen LogP contribution in [0.2, 0.25) is 0 Å². The van der Waals surface area contributed by atoms with Gasteiger partial charge in [0.15, 0.2) is 5.96 Å². The second-order valence-corrected chi connectivity index (χ2v) is 4.88. The molecule has 1 saturated carbocycles. The fraction of sp³-hybridized carbons (Fsp3) is 0.462. The van der Waals surface area contributed by atoms with E-state index in [-0.39, 0.29) is 18.2 Å². The Kier molecular flexibility index (Phi) is 3.99. The van der Waals surface area contributed by atoms with Gasteiger partial charge in [-0.25, -0.2) is 8.78 Å². The summed E-state index contributed by atoms with van der Waals surface area (Å²) < 4.78 is 26.3. The number of guanidine groups is 1. The van der Waals surface area contributed by atoms with Crippen LogP contribution in [0.15, 0.2) is 23.2 Å². The number of aliphatic imine (C=N–C) groups is 1. The number of hydrogen-bond acceptors (Lipinski definition) is 2. The van der Waals surface area contributed by atoms with Gasteiger partial charge < -0.3 is 16.2 Å². The van der Waals surface area contributed by atoms with E-state index in [1.807, 2.05) is 0 Å². The molecule has 104 valence electrons. The lowest BCUT2D eigenvalue weighted by molar-refractivity contribution is 0.0575. The minimum atomic E-state index is -0.813. The summed E-state index contributed by atoms with van der Waals surface area (Å²) in [5, 5.41) is 12.6. The van der Waals surface area contributed by atoms with Crippen molar-refractivity contribution in [3.05, 3.63) is 29.8 Å². The summed E-state index contributed by atoms with van der Waals surface area (Å²) in [6, 6.07) is 3.03.